The van der Waals surface area contributed by atoms with Crippen LogP contribution in [0, 0.1) is 29.1 Å². The van der Waals surface area contributed by atoms with E-state index in [2.05, 4.69) is 27.9 Å². The number of hydrogen-bond donors (Lipinski definition) is 0. The largest absolute Gasteiger partial charge is 0.265 e. The van der Waals surface area contributed by atoms with Gasteiger partial charge in [-0.3, -0.25) is 4.18 Å². The van der Waals surface area contributed by atoms with Gasteiger partial charge >= 0.3 is 0 Å². The molecule has 0 aliphatic carbocycles. The lowest BCUT2D eigenvalue weighted by Crippen LogP contribution is -2.02. The van der Waals surface area contributed by atoms with E-state index in [0.717, 1.165) is 6.26 Å². The molecule has 0 rings (SSSR count). The lowest BCUT2D eigenvalue weighted by Gasteiger charge is -2.05. The van der Waals surface area contributed by atoms with Crippen molar-refractivity contribution in [3.63, 3.8) is 0 Å². The monoisotopic (exact) mass is 214 g/mol. The van der Waals surface area contributed by atoms with E-state index in [1.54, 1.807) is 0 Å². The van der Waals surface area contributed by atoms with Crippen LogP contribution in [0.3, 0.4) is 0 Å². The molecule has 0 heterocycles. The Morgan fingerprint density at radius 1 is 1.21 bits per heavy atom. The molecule has 0 saturated heterocycles. The molecule has 0 aromatic carbocycles. The highest BCUT2D eigenvalue weighted by Crippen LogP contribution is 2.09. The lowest BCUT2D eigenvalue weighted by atomic mass is 9.98. The smallest absolute Gasteiger partial charge is 0.257 e. The first kappa shape index (κ1) is 13.0. The molecule has 0 amide bonds. The minimum Gasteiger partial charge on any atom is -0.257 e. The fourth-order valence-electron chi connectivity index (χ4n) is 0.436. The van der Waals surface area contributed by atoms with Crippen molar-refractivity contribution in [2.45, 2.75) is 20.8 Å². The van der Waals surface area contributed by atoms with Crippen LogP contribution in [-0.2, 0) is 14.3 Å². The predicted octanol–water partition coefficient (Wildman–Crippen LogP) is 1.02. The highest BCUT2D eigenvalue weighted by molar-refractivity contribution is 7.85. The van der Waals surface area contributed by atoms with Crippen LogP contribution >= 0.6 is 0 Å². The summed E-state index contributed by atoms with van der Waals surface area (Å²) in [6.45, 7) is 5.76. The van der Waals surface area contributed by atoms with E-state index >= 15 is 0 Å². The van der Waals surface area contributed by atoms with Crippen LogP contribution in [0.25, 0.3) is 0 Å². The third-order valence-electron chi connectivity index (χ3n) is 0.934. The summed E-state index contributed by atoms with van der Waals surface area (Å²) >= 11 is 0. The molecular formula is C10H14O3S. The molecule has 0 aliphatic rings. The van der Waals surface area contributed by atoms with Crippen molar-refractivity contribution in [2.24, 2.45) is 5.41 Å². The normalized spacial score (nSPS) is 10.9. The van der Waals surface area contributed by atoms with Crippen LogP contribution in [0.4, 0.5) is 0 Å². The zero-order chi connectivity index (χ0) is 11.2. The summed E-state index contributed by atoms with van der Waals surface area (Å²) < 4.78 is 25.4. The Morgan fingerprint density at radius 3 is 2.21 bits per heavy atom. The molecule has 0 aliphatic heterocycles. The molecule has 78 valence electrons. The van der Waals surface area contributed by atoms with Crippen molar-refractivity contribution >= 4 is 10.1 Å². The van der Waals surface area contributed by atoms with Gasteiger partial charge in [-0.05, 0) is 32.6 Å². The fourth-order valence-corrected chi connectivity index (χ4v) is 0.709. The molecule has 14 heavy (non-hydrogen) atoms. The van der Waals surface area contributed by atoms with Crippen LogP contribution in [0.1, 0.15) is 20.8 Å². The summed E-state index contributed by atoms with van der Waals surface area (Å²) in [5.41, 5.74) is -0.0909. The minimum atomic E-state index is -3.39. The Balaban J connectivity index is 4.03. The van der Waals surface area contributed by atoms with Crippen LogP contribution in [0.15, 0.2) is 0 Å². The number of hydrogen-bond acceptors (Lipinski definition) is 3. The second-order valence-corrected chi connectivity index (χ2v) is 5.41. The van der Waals surface area contributed by atoms with E-state index in [1.165, 1.54) is 0 Å². The van der Waals surface area contributed by atoms with Crippen LogP contribution < -0.4 is 0 Å². The van der Waals surface area contributed by atoms with Crippen molar-refractivity contribution in [1.82, 2.24) is 0 Å². The highest BCUT2D eigenvalue weighted by atomic mass is 32.2. The standard InChI is InChI=1S/C10H14O3S/c1-10(2,3)8-6-5-7-9-13-14(4,11)12/h9H2,1-4H3. The van der Waals surface area contributed by atoms with Crippen molar-refractivity contribution < 1.29 is 12.6 Å². The molecule has 0 saturated carbocycles. The summed E-state index contributed by atoms with van der Waals surface area (Å²) in [6, 6.07) is 0. The third-order valence-corrected chi connectivity index (χ3v) is 1.48. The Kier molecular flexibility index (Phi) is 4.70. The molecule has 0 atom stereocenters. The maximum Gasteiger partial charge on any atom is 0.265 e. The molecule has 0 aromatic rings. The zero-order valence-corrected chi connectivity index (χ0v) is 9.66. The Hall–Kier alpha value is -0.970. The fraction of sp³-hybridized carbons (Fsp3) is 0.600. The van der Waals surface area contributed by atoms with E-state index in [9.17, 15) is 8.42 Å². The van der Waals surface area contributed by atoms with Crippen molar-refractivity contribution in [1.29, 1.82) is 0 Å². The van der Waals surface area contributed by atoms with E-state index in [1.807, 2.05) is 20.8 Å². The van der Waals surface area contributed by atoms with Crippen molar-refractivity contribution in [2.75, 3.05) is 12.9 Å². The minimum absolute atomic E-state index is 0.0909. The van der Waals surface area contributed by atoms with Crippen LogP contribution in [-0.4, -0.2) is 21.3 Å². The molecular weight excluding hydrogens is 200 g/mol. The summed E-state index contributed by atoms with van der Waals surface area (Å²) in [4.78, 5) is 0. The van der Waals surface area contributed by atoms with Gasteiger partial charge in [0, 0.05) is 5.41 Å². The second-order valence-electron chi connectivity index (χ2n) is 3.77. The first-order valence-corrected chi connectivity index (χ1v) is 5.87. The Labute approximate surface area is 86.0 Å². The van der Waals surface area contributed by atoms with Crippen molar-refractivity contribution in [3.8, 4) is 23.7 Å². The van der Waals surface area contributed by atoms with Gasteiger partial charge in [-0.2, -0.15) is 8.42 Å². The van der Waals surface area contributed by atoms with Gasteiger partial charge in [-0.1, -0.05) is 11.8 Å². The van der Waals surface area contributed by atoms with Crippen LogP contribution in [0.5, 0.6) is 0 Å². The molecule has 3 nitrogen and oxygen atoms in total. The molecule has 0 unspecified atom stereocenters. The van der Waals surface area contributed by atoms with Crippen molar-refractivity contribution in [3.05, 3.63) is 0 Å². The number of rotatable bonds is 2. The first-order chi connectivity index (χ1) is 6.21. The summed E-state index contributed by atoms with van der Waals surface area (Å²) in [5.74, 6) is 10.5. The predicted molar refractivity (Wildman–Crippen MR) is 55.8 cm³/mol. The van der Waals surface area contributed by atoms with Gasteiger partial charge in [0.1, 0.15) is 6.61 Å². The molecule has 0 spiro atoms. The third kappa shape index (κ3) is 11.0. The van der Waals surface area contributed by atoms with E-state index in [-0.39, 0.29) is 12.0 Å². The lowest BCUT2D eigenvalue weighted by molar-refractivity contribution is 0.368. The van der Waals surface area contributed by atoms with E-state index in [0.29, 0.717) is 0 Å². The van der Waals surface area contributed by atoms with Gasteiger partial charge in [-0.25, -0.2) is 0 Å². The summed E-state index contributed by atoms with van der Waals surface area (Å²) in [5, 5.41) is 0. The average molecular weight is 214 g/mol. The van der Waals surface area contributed by atoms with Gasteiger partial charge in [0.2, 0.25) is 0 Å². The SMILES string of the molecule is CC(C)(C)C#CC#CCOS(C)(=O)=O. The zero-order valence-electron chi connectivity index (χ0n) is 8.84. The Morgan fingerprint density at radius 2 is 1.79 bits per heavy atom. The molecule has 0 aromatic heterocycles. The topological polar surface area (TPSA) is 43.4 Å². The van der Waals surface area contributed by atoms with E-state index < -0.39 is 10.1 Å². The molecule has 0 bridgehead atoms. The van der Waals surface area contributed by atoms with Crippen LogP contribution in [0.2, 0.25) is 0 Å². The van der Waals surface area contributed by atoms with Gasteiger partial charge in [-0.15, -0.1) is 0 Å². The molecule has 0 radical (unpaired) electrons. The highest BCUT2D eigenvalue weighted by Gasteiger charge is 2.02. The Bertz CT molecular complexity index is 391. The quantitative estimate of drug-likeness (QED) is 0.509. The summed E-state index contributed by atoms with van der Waals surface area (Å²) in [7, 11) is -3.39. The molecule has 0 N–H and O–H groups in total. The average Bonchev–Trinajstić information content (AvgIpc) is 1.92. The van der Waals surface area contributed by atoms with Gasteiger partial charge in [0.15, 0.2) is 0 Å². The van der Waals surface area contributed by atoms with Gasteiger partial charge in [0.25, 0.3) is 10.1 Å². The van der Waals surface area contributed by atoms with Gasteiger partial charge in [0.05, 0.1) is 6.26 Å². The maximum atomic E-state index is 10.5. The maximum absolute atomic E-state index is 10.5. The van der Waals surface area contributed by atoms with E-state index in [4.69, 9.17) is 0 Å². The molecule has 4 heteroatoms. The molecule has 0 fully saturated rings. The first-order valence-electron chi connectivity index (χ1n) is 4.05. The van der Waals surface area contributed by atoms with Gasteiger partial charge < -0.3 is 0 Å². The summed E-state index contributed by atoms with van der Waals surface area (Å²) in [6.07, 6.45) is 0.982. The second kappa shape index (κ2) is 5.05.